The lowest BCUT2D eigenvalue weighted by molar-refractivity contribution is 0.669. The maximum Gasteiger partial charge on any atom is 0.135 e. The summed E-state index contributed by atoms with van der Waals surface area (Å²) in [7, 11) is 0. The average molecular weight is 757 g/mol. The Morgan fingerprint density at radius 3 is 1.64 bits per heavy atom. The van der Waals surface area contributed by atoms with Crippen LogP contribution in [0.1, 0.15) is 22.6 Å². The molecule has 0 saturated carbocycles. The Morgan fingerprint density at radius 2 is 0.949 bits per heavy atom. The highest BCUT2D eigenvalue weighted by molar-refractivity contribution is 6.06. The van der Waals surface area contributed by atoms with E-state index < -0.39 is 0 Å². The van der Waals surface area contributed by atoms with E-state index in [1.807, 2.05) is 12.1 Å². The van der Waals surface area contributed by atoms with Crippen molar-refractivity contribution in [3.8, 4) is 11.1 Å². The normalized spacial score (nSPS) is 13.5. The topological polar surface area (TPSA) is 19.6 Å². The first-order valence-corrected chi connectivity index (χ1v) is 20.4. The molecule has 59 heavy (non-hydrogen) atoms. The van der Waals surface area contributed by atoms with E-state index in [9.17, 15) is 0 Å². The third-order valence-corrected chi connectivity index (χ3v) is 11.8. The molecule has 0 bridgehead atoms. The van der Waals surface area contributed by atoms with Crippen LogP contribution in [0.4, 0.5) is 34.1 Å². The van der Waals surface area contributed by atoms with Gasteiger partial charge in [0, 0.05) is 50.8 Å². The Bertz CT molecular complexity index is 3090. The summed E-state index contributed by atoms with van der Waals surface area (Å²) in [6.07, 6.45) is 5.71. The summed E-state index contributed by atoms with van der Waals surface area (Å²) in [5, 5.41) is 4.82. The Balaban J connectivity index is 0.965. The molecule has 0 amide bonds. The lowest BCUT2D eigenvalue weighted by Gasteiger charge is -2.28. The number of fused-ring (bicyclic) bond motifs is 6. The fourth-order valence-electron chi connectivity index (χ4n) is 8.98. The molecule has 0 radical (unpaired) electrons. The molecule has 0 saturated heterocycles. The van der Waals surface area contributed by atoms with E-state index in [1.54, 1.807) is 0 Å². The first-order valence-electron chi connectivity index (χ1n) is 20.4. The summed E-state index contributed by atoms with van der Waals surface area (Å²) in [4.78, 5) is 4.67. The number of rotatable bonds is 8. The predicted molar refractivity (Wildman–Crippen MR) is 248 cm³/mol. The number of furan rings is 1. The molecular formula is C56H40N2O. The molecule has 0 spiro atoms. The number of anilines is 6. The zero-order valence-corrected chi connectivity index (χ0v) is 32.4. The summed E-state index contributed by atoms with van der Waals surface area (Å²) < 4.78 is 6.19. The van der Waals surface area contributed by atoms with Crippen LogP contribution in [0.3, 0.4) is 0 Å². The standard InChI is InChI=1S/C56H40N2O/c1-4-17-43(18-5-1)57(44-19-6-2-7-20-44)47-23-14-16-40(35-47)41-29-33-50-52(37-42-15-10-11-24-49(42)53(50)36-41)39-27-30-46(31-28-39)58(45-21-8-3-9-22-45)48-32-34-56-54(38-48)51-25-12-13-26-55(51)59-56/h1-35,37-38,41H,36H2. The third-order valence-electron chi connectivity index (χ3n) is 11.8. The van der Waals surface area contributed by atoms with Gasteiger partial charge in [-0.25, -0.2) is 0 Å². The van der Waals surface area contributed by atoms with E-state index in [-0.39, 0.29) is 5.92 Å². The number of allylic oxidation sites excluding steroid dienone is 1. The van der Waals surface area contributed by atoms with Crippen molar-refractivity contribution >= 4 is 72.9 Å². The van der Waals surface area contributed by atoms with Gasteiger partial charge < -0.3 is 14.2 Å². The van der Waals surface area contributed by atoms with Gasteiger partial charge in [-0.2, -0.15) is 0 Å². The van der Waals surface area contributed by atoms with E-state index >= 15 is 0 Å². The molecule has 9 aromatic carbocycles. The van der Waals surface area contributed by atoms with Crippen LogP contribution < -0.4 is 9.80 Å². The molecule has 10 aromatic rings. The van der Waals surface area contributed by atoms with Crippen molar-refractivity contribution in [1.82, 2.24) is 0 Å². The molecule has 3 heteroatoms. The van der Waals surface area contributed by atoms with Gasteiger partial charge in [0.05, 0.1) is 0 Å². The molecule has 1 atom stereocenters. The zero-order chi connectivity index (χ0) is 39.1. The van der Waals surface area contributed by atoms with Gasteiger partial charge in [-0.05, 0) is 136 Å². The minimum atomic E-state index is 0.237. The average Bonchev–Trinajstić information content (AvgIpc) is 3.68. The fourth-order valence-corrected chi connectivity index (χ4v) is 8.98. The summed E-state index contributed by atoms with van der Waals surface area (Å²) in [6.45, 7) is 0. The molecule has 1 aliphatic rings. The van der Waals surface area contributed by atoms with Crippen LogP contribution in [-0.4, -0.2) is 0 Å². The minimum absolute atomic E-state index is 0.237. The molecule has 11 rings (SSSR count). The van der Waals surface area contributed by atoms with Gasteiger partial charge in [0.25, 0.3) is 0 Å². The van der Waals surface area contributed by atoms with Gasteiger partial charge in [0.15, 0.2) is 0 Å². The molecule has 1 aliphatic carbocycles. The molecule has 1 unspecified atom stereocenters. The van der Waals surface area contributed by atoms with Crippen molar-refractivity contribution in [3.63, 3.8) is 0 Å². The molecular weight excluding hydrogens is 717 g/mol. The van der Waals surface area contributed by atoms with Crippen molar-refractivity contribution < 1.29 is 4.42 Å². The first kappa shape index (κ1) is 34.6. The molecule has 280 valence electrons. The van der Waals surface area contributed by atoms with Crippen LogP contribution in [-0.2, 0) is 6.42 Å². The summed E-state index contributed by atoms with van der Waals surface area (Å²) in [5.41, 5.74) is 15.0. The molecule has 1 heterocycles. The third kappa shape index (κ3) is 6.34. The Kier molecular flexibility index (Phi) is 8.63. The van der Waals surface area contributed by atoms with Crippen LogP contribution in [0.25, 0.3) is 49.9 Å². The van der Waals surface area contributed by atoms with Crippen LogP contribution in [0.15, 0.2) is 223 Å². The highest BCUT2D eigenvalue weighted by atomic mass is 16.3. The highest BCUT2D eigenvalue weighted by Crippen LogP contribution is 2.44. The largest absolute Gasteiger partial charge is 0.456 e. The van der Waals surface area contributed by atoms with Gasteiger partial charge in [-0.1, -0.05) is 133 Å². The predicted octanol–water partition coefficient (Wildman–Crippen LogP) is 15.7. The van der Waals surface area contributed by atoms with Crippen molar-refractivity contribution in [2.45, 2.75) is 12.3 Å². The molecule has 0 aliphatic heterocycles. The second-order valence-corrected chi connectivity index (χ2v) is 15.3. The number of hydrogen-bond donors (Lipinski definition) is 0. The Labute approximate surface area is 344 Å². The van der Waals surface area contributed by atoms with Crippen LogP contribution >= 0.6 is 0 Å². The van der Waals surface area contributed by atoms with Gasteiger partial charge in [0.2, 0.25) is 0 Å². The Hall–Kier alpha value is -7.62. The van der Waals surface area contributed by atoms with Gasteiger partial charge in [-0.3, -0.25) is 0 Å². The van der Waals surface area contributed by atoms with Crippen molar-refractivity contribution in [2.24, 2.45) is 0 Å². The maximum absolute atomic E-state index is 6.19. The highest BCUT2D eigenvalue weighted by Gasteiger charge is 2.23. The van der Waals surface area contributed by atoms with E-state index in [2.05, 4.69) is 222 Å². The monoisotopic (exact) mass is 756 g/mol. The van der Waals surface area contributed by atoms with Crippen LogP contribution in [0.2, 0.25) is 0 Å². The lowest BCUT2D eigenvalue weighted by atomic mass is 9.80. The van der Waals surface area contributed by atoms with Crippen molar-refractivity contribution in [3.05, 3.63) is 235 Å². The van der Waals surface area contributed by atoms with E-state index in [4.69, 9.17) is 4.42 Å². The second kappa shape index (κ2) is 14.7. The maximum atomic E-state index is 6.19. The second-order valence-electron chi connectivity index (χ2n) is 15.3. The summed E-state index contributed by atoms with van der Waals surface area (Å²) >= 11 is 0. The van der Waals surface area contributed by atoms with Crippen LogP contribution in [0.5, 0.6) is 0 Å². The van der Waals surface area contributed by atoms with Crippen molar-refractivity contribution in [2.75, 3.05) is 9.80 Å². The zero-order valence-electron chi connectivity index (χ0n) is 32.4. The number of para-hydroxylation sites is 4. The molecule has 3 nitrogen and oxygen atoms in total. The Morgan fingerprint density at radius 1 is 0.407 bits per heavy atom. The minimum Gasteiger partial charge on any atom is -0.456 e. The van der Waals surface area contributed by atoms with Crippen LogP contribution in [0, 0.1) is 0 Å². The van der Waals surface area contributed by atoms with Gasteiger partial charge in [-0.15, -0.1) is 0 Å². The SMILES string of the molecule is C1=CC(c2cccc(N(c3ccccc3)c3ccccc3)c2)Cc2c1c(-c1ccc(N(c3ccccc3)c3ccc4oc5ccccc5c4c3)cc1)cc1ccccc21. The summed E-state index contributed by atoms with van der Waals surface area (Å²) in [6, 6.07) is 76.1. The van der Waals surface area contributed by atoms with Gasteiger partial charge >= 0.3 is 0 Å². The quantitative estimate of drug-likeness (QED) is 0.154. The van der Waals surface area contributed by atoms with E-state index in [1.165, 1.54) is 38.6 Å². The molecule has 0 N–H and O–H groups in total. The van der Waals surface area contributed by atoms with Gasteiger partial charge in [0.1, 0.15) is 11.2 Å². The number of hydrogen-bond acceptors (Lipinski definition) is 3. The lowest BCUT2D eigenvalue weighted by Crippen LogP contribution is -2.12. The van der Waals surface area contributed by atoms with E-state index in [0.29, 0.717) is 0 Å². The molecule has 1 aromatic heterocycles. The fraction of sp³-hybridized carbons (Fsp3) is 0.0357. The molecule has 0 fully saturated rings. The van der Waals surface area contributed by atoms with E-state index in [0.717, 1.165) is 62.5 Å². The van der Waals surface area contributed by atoms with Crippen molar-refractivity contribution in [1.29, 1.82) is 0 Å². The first-order chi connectivity index (χ1) is 29.2. The number of benzene rings is 9. The summed E-state index contributed by atoms with van der Waals surface area (Å²) in [5.74, 6) is 0.237. The number of nitrogens with zero attached hydrogens (tertiary/aromatic N) is 2. The smallest absolute Gasteiger partial charge is 0.135 e.